The van der Waals surface area contributed by atoms with Gasteiger partial charge < -0.3 is 10.6 Å². The summed E-state index contributed by atoms with van der Waals surface area (Å²) in [4.78, 5) is 8.42. The first kappa shape index (κ1) is 10.8. The number of nitriles is 1. The smallest absolute Gasteiger partial charge is 0.224 e. The van der Waals surface area contributed by atoms with E-state index in [0.717, 1.165) is 31.6 Å². The molecule has 0 atom stereocenters. The van der Waals surface area contributed by atoms with Gasteiger partial charge in [-0.15, -0.1) is 0 Å². The van der Waals surface area contributed by atoms with Crippen LogP contribution in [0, 0.1) is 18.3 Å². The second-order valence-electron chi connectivity index (χ2n) is 4.00. The first-order chi connectivity index (χ1) is 7.78. The fourth-order valence-corrected chi connectivity index (χ4v) is 1.84. The van der Waals surface area contributed by atoms with E-state index in [1.807, 2.05) is 13.0 Å². The normalized spacial score (nSPS) is 16.8. The van der Waals surface area contributed by atoms with E-state index in [9.17, 15) is 0 Å². The Balaban J connectivity index is 2.08. The molecule has 84 valence electrons. The average molecular weight is 217 g/mol. The number of nitrogens with one attached hydrogen (secondary N) is 2. The van der Waals surface area contributed by atoms with Gasteiger partial charge in [-0.05, 0) is 38.9 Å². The maximum atomic E-state index is 8.81. The Bertz CT molecular complexity index is 403. The lowest BCUT2D eigenvalue weighted by Gasteiger charge is -2.23. The second-order valence-corrected chi connectivity index (χ2v) is 4.00. The molecule has 0 unspecified atom stereocenters. The summed E-state index contributed by atoms with van der Waals surface area (Å²) in [6.07, 6.45) is 2.14. The molecule has 5 nitrogen and oxygen atoms in total. The molecule has 0 spiro atoms. The van der Waals surface area contributed by atoms with Gasteiger partial charge in [0.05, 0.1) is 0 Å². The topological polar surface area (TPSA) is 73.6 Å². The lowest BCUT2D eigenvalue weighted by Crippen LogP contribution is -2.35. The van der Waals surface area contributed by atoms with Crippen LogP contribution in [-0.2, 0) is 0 Å². The van der Waals surface area contributed by atoms with Crippen LogP contribution in [0.2, 0.25) is 0 Å². The maximum absolute atomic E-state index is 8.81. The van der Waals surface area contributed by atoms with Crippen molar-refractivity contribution in [3.63, 3.8) is 0 Å². The highest BCUT2D eigenvalue weighted by Crippen LogP contribution is 2.10. The predicted octanol–water partition coefficient (Wildman–Crippen LogP) is 0.821. The zero-order chi connectivity index (χ0) is 11.4. The van der Waals surface area contributed by atoms with E-state index in [0.29, 0.717) is 17.7 Å². The summed E-state index contributed by atoms with van der Waals surface area (Å²) < 4.78 is 0. The van der Waals surface area contributed by atoms with Crippen LogP contribution in [0.3, 0.4) is 0 Å². The van der Waals surface area contributed by atoms with Crippen molar-refractivity contribution in [3.05, 3.63) is 17.5 Å². The molecule has 0 amide bonds. The fourth-order valence-electron chi connectivity index (χ4n) is 1.84. The van der Waals surface area contributed by atoms with E-state index < -0.39 is 0 Å². The van der Waals surface area contributed by atoms with Crippen LogP contribution in [0.15, 0.2) is 6.07 Å². The van der Waals surface area contributed by atoms with Crippen molar-refractivity contribution < 1.29 is 0 Å². The SMILES string of the molecule is Cc1cc(C#N)nc(NC2CCNCC2)n1. The first-order valence-corrected chi connectivity index (χ1v) is 5.51. The van der Waals surface area contributed by atoms with Crippen molar-refractivity contribution in [3.8, 4) is 6.07 Å². The number of hydrogen-bond acceptors (Lipinski definition) is 5. The number of hydrogen-bond donors (Lipinski definition) is 2. The van der Waals surface area contributed by atoms with Gasteiger partial charge in [-0.1, -0.05) is 0 Å². The van der Waals surface area contributed by atoms with E-state index in [4.69, 9.17) is 5.26 Å². The Labute approximate surface area is 94.9 Å². The molecule has 0 aromatic carbocycles. The molecule has 2 rings (SSSR count). The molecule has 1 aliphatic heterocycles. The van der Waals surface area contributed by atoms with Gasteiger partial charge in [-0.2, -0.15) is 5.26 Å². The zero-order valence-corrected chi connectivity index (χ0v) is 9.32. The summed E-state index contributed by atoms with van der Waals surface area (Å²) in [5.41, 5.74) is 1.24. The monoisotopic (exact) mass is 217 g/mol. The van der Waals surface area contributed by atoms with Crippen LogP contribution >= 0.6 is 0 Å². The molecule has 0 radical (unpaired) electrons. The van der Waals surface area contributed by atoms with Gasteiger partial charge in [0.2, 0.25) is 5.95 Å². The largest absolute Gasteiger partial charge is 0.351 e. The zero-order valence-electron chi connectivity index (χ0n) is 9.32. The molecule has 0 aliphatic carbocycles. The van der Waals surface area contributed by atoms with Crippen molar-refractivity contribution in [2.45, 2.75) is 25.8 Å². The van der Waals surface area contributed by atoms with Crippen LogP contribution in [0.1, 0.15) is 24.2 Å². The summed E-state index contributed by atoms with van der Waals surface area (Å²) in [6.45, 7) is 3.92. The molecule has 1 fully saturated rings. The summed E-state index contributed by atoms with van der Waals surface area (Å²) in [6, 6.07) is 4.14. The Kier molecular flexibility index (Phi) is 3.32. The first-order valence-electron chi connectivity index (χ1n) is 5.51. The molecule has 1 aromatic heterocycles. The fraction of sp³-hybridized carbons (Fsp3) is 0.545. The van der Waals surface area contributed by atoms with Gasteiger partial charge in [0.15, 0.2) is 0 Å². The van der Waals surface area contributed by atoms with E-state index >= 15 is 0 Å². The standard InChI is InChI=1S/C11H15N5/c1-8-6-10(7-12)16-11(14-8)15-9-2-4-13-5-3-9/h6,9,13H,2-5H2,1H3,(H,14,15,16). The van der Waals surface area contributed by atoms with Gasteiger partial charge in [0, 0.05) is 11.7 Å². The summed E-state index contributed by atoms with van der Waals surface area (Å²) in [5.74, 6) is 0.573. The quantitative estimate of drug-likeness (QED) is 0.767. The van der Waals surface area contributed by atoms with Gasteiger partial charge in [0.25, 0.3) is 0 Å². The third kappa shape index (κ3) is 2.67. The van der Waals surface area contributed by atoms with Crippen LogP contribution in [-0.4, -0.2) is 29.1 Å². The van der Waals surface area contributed by atoms with E-state index in [2.05, 4.69) is 20.6 Å². The van der Waals surface area contributed by atoms with E-state index in [1.165, 1.54) is 0 Å². The van der Waals surface area contributed by atoms with Crippen molar-refractivity contribution in [2.75, 3.05) is 18.4 Å². The number of nitrogens with zero attached hydrogens (tertiary/aromatic N) is 3. The Hall–Kier alpha value is -1.67. The van der Waals surface area contributed by atoms with Crippen LogP contribution < -0.4 is 10.6 Å². The third-order valence-electron chi connectivity index (χ3n) is 2.64. The highest BCUT2D eigenvalue weighted by atomic mass is 15.1. The molecular weight excluding hydrogens is 202 g/mol. The Morgan fingerprint density at radius 1 is 1.44 bits per heavy atom. The van der Waals surface area contributed by atoms with Gasteiger partial charge in [-0.25, -0.2) is 9.97 Å². The second kappa shape index (κ2) is 4.90. The maximum Gasteiger partial charge on any atom is 0.224 e. The minimum Gasteiger partial charge on any atom is -0.351 e. The lowest BCUT2D eigenvalue weighted by atomic mass is 10.1. The average Bonchev–Trinajstić information content (AvgIpc) is 2.29. The molecule has 5 heteroatoms. The summed E-state index contributed by atoms with van der Waals surface area (Å²) in [5, 5.41) is 15.4. The van der Waals surface area contributed by atoms with Crippen molar-refractivity contribution in [1.82, 2.24) is 15.3 Å². The van der Waals surface area contributed by atoms with Crippen LogP contribution in [0.25, 0.3) is 0 Å². The van der Waals surface area contributed by atoms with E-state index in [1.54, 1.807) is 6.07 Å². The molecule has 2 N–H and O–H groups in total. The molecule has 0 bridgehead atoms. The Morgan fingerprint density at radius 3 is 2.88 bits per heavy atom. The van der Waals surface area contributed by atoms with Crippen molar-refractivity contribution in [2.24, 2.45) is 0 Å². The van der Waals surface area contributed by atoms with Crippen molar-refractivity contribution >= 4 is 5.95 Å². The number of aromatic nitrogens is 2. The number of rotatable bonds is 2. The molecule has 16 heavy (non-hydrogen) atoms. The predicted molar refractivity (Wildman–Crippen MR) is 61.0 cm³/mol. The van der Waals surface area contributed by atoms with Gasteiger partial charge >= 0.3 is 0 Å². The van der Waals surface area contributed by atoms with Gasteiger partial charge in [0.1, 0.15) is 11.8 Å². The summed E-state index contributed by atoms with van der Waals surface area (Å²) >= 11 is 0. The van der Waals surface area contributed by atoms with Crippen LogP contribution in [0.4, 0.5) is 5.95 Å². The molecule has 1 aromatic rings. The van der Waals surface area contributed by atoms with Gasteiger partial charge in [-0.3, -0.25) is 0 Å². The molecule has 1 aliphatic rings. The highest BCUT2D eigenvalue weighted by molar-refractivity contribution is 5.33. The minimum absolute atomic E-state index is 0.412. The lowest BCUT2D eigenvalue weighted by molar-refractivity contribution is 0.477. The highest BCUT2D eigenvalue weighted by Gasteiger charge is 2.14. The third-order valence-corrected chi connectivity index (χ3v) is 2.64. The van der Waals surface area contributed by atoms with Crippen LogP contribution in [0.5, 0.6) is 0 Å². The number of aryl methyl sites for hydroxylation is 1. The summed E-state index contributed by atoms with van der Waals surface area (Å²) in [7, 11) is 0. The Morgan fingerprint density at radius 2 is 2.19 bits per heavy atom. The minimum atomic E-state index is 0.412. The molecule has 1 saturated heterocycles. The molecule has 0 saturated carbocycles. The van der Waals surface area contributed by atoms with Crippen molar-refractivity contribution in [1.29, 1.82) is 5.26 Å². The number of piperidine rings is 1. The number of anilines is 1. The molecule has 2 heterocycles. The van der Waals surface area contributed by atoms with E-state index in [-0.39, 0.29) is 0 Å². The molecular formula is C11H15N5.